The van der Waals surface area contributed by atoms with Crippen molar-refractivity contribution in [2.75, 3.05) is 13.7 Å². The Kier molecular flexibility index (Phi) is 3.83. The summed E-state index contributed by atoms with van der Waals surface area (Å²) < 4.78 is 14.1. The Morgan fingerprint density at radius 1 is 1.35 bits per heavy atom. The maximum absolute atomic E-state index is 14.1. The Labute approximate surface area is 131 Å². The minimum Gasteiger partial charge on any atom is -0.396 e. The number of hydrogen-bond acceptors (Lipinski definition) is 3. The van der Waals surface area contributed by atoms with E-state index in [0.717, 1.165) is 11.1 Å². The largest absolute Gasteiger partial charge is 0.396 e. The number of aliphatic hydroxyl groups excluding tert-OH is 1. The van der Waals surface area contributed by atoms with Crippen LogP contribution in [0.25, 0.3) is 21.8 Å². The standard InChI is InChI=1S/C17H15FN2O3/c1-19-17(23)16-11(8-22)12(18)7-14-15(16)10-6-9(4-5-21)2-3-13(10)20-14/h2-3,6-8,20-21H,4-5H2,1H3,(H,19,23). The van der Waals surface area contributed by atoms with Gasteiger partial charge in [0.25, 0.3) is 5.91 Å². The van der Waals surface area contributed by atoms with Gasteiger partial charge >= 0.3 is 0 Å². The van der Waals surface area contributed by atoms with Crippen molar-refractivity contribution in [2.45, 2.75) is 6.42 Å². The van der Waals surface area contributed by atoms with Crippen molar-refractivity contribution >= 4 is 34.0 Å². The molecule has 23 heavy (non-hydrogen) atoms. The van der Waals surface area contributed by atoms with E-state index in [-0.39, 0.29) is 17.7 Å². The van der Waals surface area contributed by atoms with E-state index < -0.39 is 11.7 Å². The number of rotatable bonds is 4. The fourth-order valence-electron chi connectivity index (χ4n) is 2.86. The Bertz CT molecular complexity index is 931. The van der Waals surface area contributed by atoms with Gasteiger partial charge in [0.2, 0.25) is 0 Å². The van der Waals surface area contributed by atoms with Crippen molar-refractivity contribution in [1.82, 2.24) is 10.3 Å². The van der Waals surface area contributed by atoms with Crippen molar-refractivity contribution in [3.63, 3.8) is 0 Å². The zero-order valence-electron chi connectivity index (χ0n) is 12.4. The van der Waals surface area contributed by atoms with Crippen molar-refractivity contribution in [3.8, 4) is 0 Å². The number of fused-ring (bicyclic) bond motifs is 3. The summed E-state index contributed by atoms with van der Waals surface area (Å²) in [6.07, 6.45) is 0.829. The van der Waals surface area contributed by atoms with Gasteiger partial charge in [-0.1, -0.05) is 6.07 Å². The predicted molar refractivity (Wildman–Crippen MR) is 85.3 cm³/mol. The van der Waals surface area contributed by atoms with Crippen LogP contribution in [-0.2, 0) is 6.42 Å². The molecule has 0 bridgehead atoms. The predicted octanol–water partition coefficient (Wildman–Crippen LogP) is 2.17. The molecule has 1 aromatic heterocycles. The maximum Gasteiger partial charge on any atom is 0.252 e. The molecule has 6 heteroatoms. The first kappa shape index (κ1) is 15.2. The van der Waals surface area contributed by atoms with Crippen LogP contribution in [-0.4, -0.2) is 35.9 Å². The van der Waals surface area contributed by atoms with E-state index >= 15 is 0 Å². The Morgan fingerprint density at radius 3 is 2.78 bits per heavy atom. The normalized spacial score (nSPS) is 11.1. The second-order valence-corrected chi connectivity index (χ2v) is 5.25. The number of carbonyl (C=O) groups excluding carboxylic acids is 2. The van der Waals surface area contributed by atoms with Gasteiger partial charge in [-0.15, -0.1) is 0 Å². The van der Waals surface area contributed by atoms with E-state index in [0.29, 0.717) is 29.0 Å². The molecule has 118 valence electrons. The third-order valence-corrected chi connectivity index (χ3v) is 3.91. The summed E-state index contributed by atoms with van der Waals surface area (Å²) in [5.41, 5.74) is 1.83. The highest BCUT2D eigenvalue weighted by atomic mass is 19.1. The summed E-state index contributed by atoms with van der Waals surface area (Å²) in [5, 5.41) is 12.8. The van der Waals surface area contributed by atoms with Crippen molar-refractivity contribution < 1.29 is 19.1 Å². The third kappa shape index (κ3) is 2.37. The molecular formula is C17H15FN2O3. The quantitative estimate of drug-likeness (QED) is 0.645. The first-order chi connectivity index (χ1) is 11.1. The van der Waals surface area contributed by atoms with Gasteiger partial charge in [-0.25, -0.2) is 4.39 Å². The number of benzene rings is 2. The molecule has 0 aliphatic rings. The van der Waals surface area contributed by atoms with Crippen LogP contribution in [0.2, 0.25) is 0 Å². The van der Waals surface area contributed by atoms with Crippen LogP contribution in [0.5, 0.6) is 0 Å². The Hall–Kier alpha value is -2.73. The first-order valence-electron chi connectivity index (χ1n) is 7.15. The van der Waals surface area contributed by atoms with E-state index in [2.05, 4.69) is 10.3 Å². The second kappa shape index (κ2) is 5.81. The number of nitrogens with one attached hydrogen (secondary N) is 2. The molecule has 0 radical (unpaired) electrons. The highest BCUT2D eigenvalue weighted by Crippen LogP contribution is 2.32. The van der Waals surface area contributed by atoms with Gasteiger partial charge in [0, 0.05) is 29.9 Å². The molecule has 1 heterocycles. The summed E-state index contributed by atoms with van der Waals surface area (Å²) in [5.74, 6) is -1.27. The maximum atomic E-state index is 14.1. The topological polar surface area (TPSA) is 82.2 Å². The average Bonchev–Trinajstić information content (AvgIpc) is 2.90. The monoisotopic (exact) mass is 314 g/mol. The van der Waals surface area contributed by atoms with Crippen molar-refractivity contribution in [3.05, 3.63) is 46.8 Å². The average molecular weight is 314 g/mol. The van der Waals surface area contributed by atoms with Crippen LogP contribution in [0.3, 0.4) is 0 Å². The zero-order valence-corrected chi connectivity index (χ0v) is 12.4. The third-order valence-electron chi connectivity index (χ3n) is 3.91. The number of aldehydes is 1. The molecule has 1 amide bonds. The van der Waals surface area contributed by atoms with Crippen LogP contribution >= 0.6 is 0 Å². The number of halogens is 1. The van der Waals surface area contributed by atoms with Gasteiger partial charge in [0.15, 0.2) is 6.29 Å². The van der Waals surface area contributed by atoms with Gasteiger partial charge in [-0.3, -0.25) is 9.59 Å². The number of carbonyl (C=O) groups is 2. The number of amides is 1. The van der Waals surface area contributed by atoms with Gasteiger partial charge in [-0.2, -0.15) is 0 Å². The van der Waals surface area contributed by atoms with Gasteiger partial charge in [0.1, 0.15) is 5.82 Å². The lowest BCUT2D eigenvalue weighted by atomic mass is 9.98. The molecule has 0 atom stereocenters. The highest BCUT2D eigenvalue weighted by Gasteiger charge is 2.21. The number of aromatic nitrogens is 1. The van der Waals surface area contributed by atoms with Crippen LogP contribution in [0.1, 0.15) is 26.3 Å². The molecule has 0 unspecified atom stereocenters. The molecule has 0 fully saturated rings. The summed E-state index contributed by atoms with van der Waals surface area (Å²) in [7, 11) is 1.43. The molecular weight excluding hydrogens is 299 g/mol. The number of aromatic amines is 1. The van der Waals surface area contributed by atoms with Crippen LogP contribution in [0.4, 0.5) is 4.39 Å². The van der Waals surface area contributed by atoms with E-state index in [9.17, 15) is 14.0 Å². The first-order valence-corrected chi connectivity index (χ1v) is 7.15. The summed E-state index contributed by atoms with van der Waals surface area (Å²) >= 11 is 0. The van der Waals surface area contributed by atoms with Crippen molar-refractivity contribution in [1.29, 1.82) is 0 Å². The minimum absolute atomic E-state index is 0.00435. The second-order valence-electron chi connectivity index (χ2n) is 5.25. The Balaban J connectivity index is 2.46. The molecule has 2 aromatic carbocycles. The molecule has 3 N–H and O–H groups in total. The summed E-state index contributed by atoms with van der Waals surface area (Å²) in [4.78, 5) is 26.6. The zero-order chi connectivity index (χ0) is 16.6. The molecule has 0 aliphatic carbocycles. The molecule has 3 rings (SSSR count). The summed E-state index contributed by atoms with van der Waals surface area (Å²) in [6, 6.07) is 6.72. The molecule has 5 nitrogen and oxygen atoms in total. The van der Waals surface area contributed by atoms with Gasteiger partial charge in [0.05, 0.1) is 16.6 Å². The smallest absolute Gasteiger partial charge is 0.252 e. The SMILES string of the molecule is CNC(=O)c1c(C=O)c(F)cc2[nH]c3ccc(CCO)cc3c12. The molecule has 0 spiro atoms. The molecule has 0 saturated carbocycles. The van der Waals surface area contributed by atoms with E-state index in [1.165, 1.54) is 13.1 Å². The highest BCUT2D eigenvalue weighted by molar-refractivity contribution is 6.20. The molecule has 3 aromatic rings. The lowest BCUT2D eigenvalue weighted by Gasteiger charge is -2.07. The van der Waals surface area contributed by atoms with E-state index in [4.69, 9.17) is 5.11 Å². The van der Waals surface area contributed by atoms with Crippen LogP contribution < -0.4 is 5.32 Å². The molecule has 0 saturated heterocycles. The fraction of sp³-hybridized carbons (Fsp3) is 0.176. The van der Waals surface area contributed by atoms with Crippen molar-refractivity contribution in [2.24, 2.45) is 0 Å². The number of H-pyrrole nitrogens is 1. The molecule has 0 aliphatic heterocycles. The van der Waals surface area contributed by atoms with Crippen LogP contribution in [0.15, 0.2) is 24.3 Å². The van der Waals surface area contributed by atoms with Gasteiger partial charge in [-0.05, 0) is 30.2 Å². The Morgan fingerprint density at radius 2 is 2.13 bits per heavy atom. The van der Waals surface area contributed by atoms with E-state index in [1.807, 2.05) is 18.2 Å². The number of hydrogen-bond donors (Lipinski definition) is 3. The van der Waals surface area contributed by atoms with Gasteiger partial charge < -0.3 is 15.4 Å². The lowest BCUT2D eigenvalue weighted by molar-refractivity contribution is 0.0958. The van der Waals surface area contributed by atoms with Crippen LogP contribution in [0, 0.1) is 5.82 Å². The summed E-state index contributed by atoms with van der Waals surface area (Å²) in [6.45, 7) is 0.00435. The van der Waals surface area contributed by atoms with E-state index in [1.54, 1.807) is 0 Å². The lowest BCUT2D eigenvalue weighted by Crippen LogP contribution is -2.20. The number of aliphatic hydroxyl groups is 1. The fourth-order valence-corrected chi connectivity index (χ4v) is 2.86. The minimum atomic E-state index is -0.742.